The van der Waals surface area contributed by atoms with Crippen LogP contribution in [0.15, 0.2) is 79.8 Å². The van der Waals surface area contributed by atoms with Gasteiger partial charge in [-0.1, -0.05) is 12.1 Å². The van der Waals surface area contributed by atoms with Crippen molar-refractivity contribution in [2.75, 3.05) is 55.3 Å². The van der Waals surface area contributed by atoms with Gasteiger partial charge in [0.25, 0.3) is 5.91 Å². The minimum Gasteiger partial charge on any atom is -0.369 e. The first-order valence-corrected chi connectivity index (χ1v) is 12.9. The van der Waals surface area contributed by atoms with Crippen LogP contribution in [0.2, 0.25) is 0 Å². The lowest BCUT2D eigenvalue weighted by Gasteiger charge is -2.34. The molecule has 11 heteroatoms. The SMILES string of the molecule is C=CCNC(=O)c1cnc(Nc2ccc(N3CCN(C)CC3)cc2)nc1Nc1cccc(-c2cncc(F)c2)n1. The second-order valence-corrected chi connectivity index (χ2v) is 9.34. The van der Waals surface area contributed by atoms with E-state index in [1.54, 1.807) is 24.3 Å². The van der Waals surface area contributed by atoms with Crippen LogP contribution in [0.5, 0.6) is 0 Å². The molecule has 4 heterocycles. The third-order valence-corrected chi connectivity index (χ3v) is 6.43. The molecule has 0 unspecified atom stereocenters. The van der Waals surface area contributed by atoms with E-state index in [1.807, 2.05) is 12.1 Å². The minimum absolute atomic E-state index is 0.234. The van der Waals surface area contributed by atoms with E-state index in [4.69, 9.17) is 0 Å². The molecule has 3 aromatic heterocycles. The Labute approximate surface area is 232 Å². The van der Waals surface area contributed by atoms with Gasteiger partial charge in [0, 0.05) is 62.1 Å². The number of carbonyl (C=O) groups excluding carboxylic acids is 1. The average molecular weight is 540 g/mol. The van der Waals surface area contributed by atoms with E-state index in [2.05, 4.69) is 71.4 Å². The van der Waals surface area contributed by atoms with Gasteiger partial charge < -0.3 is 25.8 Å². The van der Waals surface area contributed by atoms with E-state index < -0.39 is 5.82 Å². The number of nitrogens with one attached hydrogen (secondary N) is 3. The zero-order valence-corrected chi connectivity index (χ0v) is 22.1. The van der Waals surface area contributed by atoms with Gasteiger partial charge in [-0.05, 0) is 49.5 Å². The topological polar surface area (TPSA) is 111 Å². The van der Waals surface area contributed by atoms with Gasteiger partial charge in [0.1, 0.15) is 23.0 Å². The third-order valence-electron chi connectivity index (χ3n) is 6.43. The highest BCUT2D eigenvalue weighted by molar-refractivity contribution is 5.99. The fourth-order valence-corrected chi connectivity index (χ4v) is 4.25. The molecular formula is C29H30FN9O. The van der Waals surface area contributed by atoms with Gasteiger partial charge in [-0.2, -0.15) is 4.98 Å². The number of rotatable bonds is 9. The number of likely N-dealkylation sites (N-methyl/N-ethyl adjacent to an activating group) is 1. The number of piperazine rings is 1. The van der Waals surface area contributed by atoms with Crippen LogP contribution >= 0.6 is 0 Å². The van der Waals surface area contributed by atoms with Gasteiger partial charge in [-0.3, -0.25) is 9.78 Å². The molecule has 4 aromatic rings. The van der Waals surface area contributed by atoms with Gasteiger partial charge in [-0.25, -0.2) is 14.4 Å². The molecule has 0 atom stereocenters. The van der Waals surface area contributed by atoms with Crippen LogP contribution in [0.25, 0.3) is 11.3 Å². The molecule has 0 aliphatic carbocycles. The Kier molecular flexibility index (Phi) is 8.21. The smallest absolute Gasteiger partial charge is 0.256 e. The maximum Gasteiger partial charge on any atom is 0.256 e. The summed E-state index contributed by atoms with van der Waals surface area (Å²) in [6.45, 7) is 7.98. The molecule has 40 heavy (non-hydrogen) atoms. The Balaban J connectivity index is 1.38. The predicted molar refractivity (Wildman–Crippen MR) is 155 cm³/mol. The fourth-order valence-electron chi connectivity index (χ4n) is 4.25. The van der Waals surface area contributed by atoms with Gasteiger partial charge in [0.05, 0.1) is 11.9 Å². The molecule has 1 amide bonds. The van der Waals surface area contributed by atoms with Gasteiger partial charge in [0.15, 0.2) is 0 Å². The van der Waals surface area contributed by atoms with Crippen LogP contribution in [-0.2, 0) is 0 Å². The Morgan fingerprint density at radius 1 is 1.02 bits per heavy atom. The summed E-state index contributed by atoms with van der Waals surface area (Å²) in [5.41, 5.74) is 3.25. The number of hydrogen-bond donors (Lipinski definition) is 3. The monoisotopic (exact) mass is 539 g/mol. The summed E-state index contributed by atoms with van der Waals surface area (Å²) in [5.74, 6) is 0.161. The van der Waals surface area contributed by atoms with Gasteiger partial charge >= 0.3 is 0 Å². The molecule has 204 valence electrons. The van der Waals surface area contributed by atoms with Crippen molar-refractivity contribution in [3.8, 4) is 11.3 Å². The summed E-state index contributed by atoms with van der Waals surface area (Å²) in [6, 6.07) is 14.7. The lowest BCUT2D eigenvalue weighted by molar-refractivity contribution is 0.0958. The highest BCUT2D eigenvalue weighted by Gasteiger charge is 2.17. The van der Waals surface area contributed by atoms with Crippen LogP contribution in [0, 0.1) is 5.82 Å². The molecule has 10 nitrogen and oxygen atoms in total. The summed E-state index contributed by atoms with van der Waals surface area (Å²) in [4.78, 5) is 34.9. The molecule has 1 aromatic carbocycles. The minimum atomic E-state index is -0.457. The summed E-state index contributed by atoms with van der Waals surface area (Å²) >= 11 is 0. The Morgan fingerprint density at radius 2 is 1.82 bits per heavy atom. The number of carbonyl (C=O) groups is 1. The molecule has 3 N–H and O–H groups in total. The molecule has 1 fully saturated rings. The van der Waals surface area contributed by atoms with Crippen molar-refractivity contribution < 1.29 is 9.18 Å². The van der Waals surface area contributed by atoms with Gasteiger partial charge in [0.2, 0.25) is 5.95 Å². The molecular weight excluding hydrogens is 509 g/mol. The van der Waals surface area contributed by atoms with Crippen molar-refractivity contribution >= 4 is 34.9 Å². The highest BCUT2D eigenvalue weighted by Crippen LogP contribution is 2.25. The van der Waals surface area contributed by atoms with E-state index >= 15 is 0 Å². The number of amides is 1. The predicted octanol–water partition coefficient (Wildman–Crippen LogP) is 4.23. The number of hydrogen-bond acceptors (Lipinski definition) is 9. The highest BCUT2D eigenvalue weighted by atomic mass is 19.1. The first-order chi connectivity index (χ1) is 19.5. The van der Waals surface area contributed by atoms with E-state index in [1.165, 1.54) is 18.5 Å². The van der Waals surface area contributed by atoms with Crippen LogP contribution in [0.3, 0.4) is 0 Å². The van der Waals surface area contributed by atoms with E-state index in [-0.39, 0.29) is 23.8 Å². The molecule has 0 bridgehead atoms. The van der Waals surface area contributed by atoms with Crippen molar-refractivity contribution in [2.24, 2.45) is 0 Å². The Morgan fingerprint density at radius 3 is 2.58 bits per heavy atom. The molecule has 1 aliphatic rings. The van der Waals surface area contributed by atoms with Crippen LogP contribution < -0.4 is 20.9 Å². The number of nitrogens with zero attached hydrogens (tertiary/aromatic N) is 6. The molecule has 0 saturated carbocycles. The van der Waals surface area contributed by atoms with Crippen LogP contribution in [-0.4, -0.2) is 70.5 Å². The van der Waals surface area contributed by atoms with Gasteiger partial charge in [-0.15, -0.1) is 6.58 Å². The van der Waals surface area contributed by atoms with Crippen LogP contribution in [0.1, 0.15) is 10.4 Å². The van der Waals surface area contributed by atoms with E-state index in [0.717, 1.165) is 43.8 Å². The van der Waals surface area contributed by atoms with Crippen molar-refractivity contribution in [1.82, 2.24) is 30.2 Å². The van der Waals surface area contributed by atoms with Crippen molar-refractivity contribution in [1.29, 1.82) is 0 Å². The standard InChI is InChI=1S/C29H30FN9O/c1-3-11-32-28(40)24-19-33-29(34-22-7-9-23(10-8-22)39-14-12-38(2)13-15-39)37-27(24)36-26-6-4-5-25(35-26)20-16-21(30)18-31-17-20/h3-10,16-19H,1,11-15H2,2H3,(H,32,40)(H2,33,34,35,36,37). The van der Waals surface area contributed by atoms with E-state index in [0.29, 0.717) is 23.0 Å². The number of pyridine rings is 2. The van der Waals surface area contributed by atoms with Crippen molar-refractivity contribution in [2.45, 2.75) is 0 Å². The lowest BCUT2D eigenvalue weighted by Crippen LogP contribution is -2.44. The zero-order valence-electron chi connectivity index (χ0n) is 22.1. The second-order valence-electron chi connectivity index (χ2n) is 9.34. The maximum absolute atomic E-state index is 13.7. The summed E-state index contributed by atoms with van der Waals surface area (Å²) in [6.07, 6.45) is 5.71. The maximum atomic E-state index is 13.7. The average Bonchev–Trinajstić information content (AvgIpc) is 2.97. The zero-order chi connectivity index (χ0) is 27.9. The second kappa shape index (κ2) is 12.3. The first-order valence-electron chi connectivity index (χ1n) is 12.9. The molecule has 1 aliphatic heterocycles. The summed E-state index contributed by atoms with van der Waals surface area (Å²) in [5, 5.41) is 9.09. The Hall–Kier alpha value is -4.90. The molecule has 0 spiro atoms. The quantitative estimate of drug-likeness (QED) is 0.269. The third kappa shape index (κ3) is 6.56. The van der Waals surface area contributed by atoms with E-state index in [9.17, 15) is 9.18 Å². The number of anilines is 5. The largest absolute Gasteiger partial charge is 0.369 e. The Bertz CT molecular complexity index is 1490. The fraction of sp³-hybridized carbons (Fsp3) is 0.207. The van der Waals surface area contributed by atoms with Crippen LogP contribution in [0.4, 0.5) is 33.3 Å². The summed E-state index contributed by atoms with van der Waals surface area (Å²) < 4.78 is 13.7. The van der Waals surface area contributed by atoms with Crippen molar-refractivity contribution in [3.63, 3.8) is 0 Å². The number of aromatic nitrogens is 4. The summed E-state index contributed by atoms with van der Waals surface area (Å²) in [7, 11) is 2.14. The number of benzene rings is 1. The molecule has 5 rings (SSSR count). The first kappa shape index (κ1) is 26.7. The van der Waals surface area contributed by atoms with Crippen molar-refractivity contribution in [3.05, 3.63) is 91.2 Å². The number of halogens is 1. The molecule has 0 radical (unpaired) electrons. The lowest BCUT2D eigenvalue weighted by atomic mass is 10.2. The normalized spacial score (nSPS) is 13.5. The molecule has 1 saturated heterocycles.